The van der Waals surface area contributed by atoms with Crippen LogP contribution in [-0.2, 0) is 4.79 Å². The van der Waals surface area contributed by atoms with Crippen molar-refractivity contribution in [1.82, 2.24) is 9.88 Å². The van der Waals surface area contributed by atoms with Gasteiger partial charge < -0.3 is 15.5 Å². The normalized spacial score (nSPS) is 17.3. The van der Waals surface area contributed by atoms with E-state index in [0.29, 0.717) is 17.9 Å². The van der Waals surface area contributed by atoms with Crippen molar-refractivity contribution < 1.29 is 9.59 Å². The van der Waals surface area contributed by atoms with Crippen LogP contribution in [0.15, 0.2) is 42.6 Å². The molecule has 1 aliphatic rings. The summed E-state index contributed by atoms with van der Waals surface area (Å²) in [5.41, 5.74) is 8.08. The molecule has 0 bridgehead atoms. The molecule has 142 valence electrons. The molecule has 2 amide bonds. The third-order valence-electron chi connectivity index (χ3n) is 4.94. The van der Waals surface area contributed by atoms with E-state index in [2.05, 4.69) is 11.9 Å². The summed E-state index contributed by atoms with van der Waals surface area (Å²) in [6.07, 6.45) is 4.39. The molecule has 1 aromatic carbocycles. The first-order valence-electron chi connectivity index (χ1n) is 9.39. The summed E-state index contributed by atoms with van der Waals surface area (Å²) >= 11 is 0. The fraction of sp³-hybridized carbons (Fsp3) is 0.381. The van der Waals surface area contributed by atoms with Gasteiger partial charge in [0.25, 0.3) is 5.91 Å². The Morgan fingerprint density at radius 1 is 1.30 bits per heavy atom. The number of carbonyl (C=O) groups excluding carboxylic acids is 2. The number of nitrogens with zero attached hydrogens (tertiary/aromatic N) is 3. The fourth-order valence-corrected chi connectivity index (χ4v) is 3.44. The molecule has 1 fully saturated rings. The first kappa shape index (κ1) is 18.9. The van der Waals surface area contributed by atoms with Gasteiger partial charge in [-0.2, -0.15) is 0 Å². The predicted octanol–water partition coefficient (Wildman–Crippen LogP) is 3.02. The monoisotopic (exact) mass is 366 g/mol. The molecule has 6 heteroatoms. The van der Waals surface area contributed by atoms with Crippen LogP contribution >= 0.6 is 0 Å². The fourth-order valence-electron chi connectivity index (χ4n) is 3.44. The maximum absolute atomic E-state index is 13.0. The number of aromatic nitrogens is 1. The van der Waals surface area contributed by atoms with Crippen LogP contribution in [0.5, 0.6) is 0 Å². The average molecular weight is 366 g/mol. The molecule has 2 heterocycles. The van der Waals surface area contributed by atoms with Crippen LogP contribution in [0, 0.1) is 6.92 Å². The minimum atomic E-state index is -0.166. The number of nitrogens with two attached hydrogens (primary N) is 1. The van der Waals surface area contributed by atoms with E-state index in [9.17, 15) is 9.59 Å². The molecule has 6 nitrogen and oxygen atoms in total. The SMILES string of the molecule is CCCCC1CN(c2cccc(C)c2)C(=O)CN1C(=O)c1ccc(N)nc1. The minimum absolute atomic E-state index is 0.0202. The van der Waals surface area contributed by atoms with Gasteiger partial charge in [0.2, 0.25) is 5.91 Å². The lowest BCUT2D eigenvalue weighted by atomic mass is 10.0. The number of hydrogen-bond donors (Lipinski definition) is 1. The highest BCUT2D eigenvalue weighted by Gasteiger charge is 2.35. The Morgan fingerprint density at radius 3 is 2.78 bits per heavy atom. The molecule has 0 radical (unpaired) electrons. The second kappa shape index (κ2) is 8.20. The maximum Gasteiger partial charge on any atom is 0.256 e. The van der Waals surface area contributed by atoms with Crippen LogP contribution in [0.4, 0.5) is 11.5 Å². The number of rotatable bonds is 5. The second-order valence-electron chi connectivity index (χ2n) is 7.04. The molecule has 0 saturated carbocycles. The van der Waals surface area contributed by atoms with Crippen LogP contribution in [0.2, 0.25) is 0 Å². The number of pyridine rings is 1. The molecule has 1 unspecified atom stereocenters. The Kier molecular flexibility index (Phi) is 5.74. The summed E-state index contributed by atoms with van der Waals surface area (Å²) in [5.74, 6) is 0.139. The molecule has 2 N–H and O–H groups in total. The number of anilines is 2. The second-order valence-corrected chi connectivity index (χ2v) is 7.04. The topological polar surface area (TPSA) is 79.5 Å². The summed E-state index contributed by atoms with van der Waals surface area (Å²) in [5, 5.41) is 0. The standard InChI is InChI=1S/C21H26N4O2/c1-3-4-7-18-13-24(17-8-5-6-15(2)11-17)20(26)14-25(18)21(27)16-9-10-19(22)23-12-16/h5-6,8-12,18H,3-4,7,13-14H2,1-2H3,(H2,22,23). The van der Waals surface area contributed by atoms with E-state index in [0.717, 1.165) is 30.5 Å². The molecular formula is C21H26N4O2. The highest BCUT2D eigenvalue weighted by Crippen LogP contribution is 2.25. The van der Waals surface area contributed by atoms with E-state index in [1.807, 2.05) is 31.2 Å². The van der Waals surface area contributed by atoms with Gasteiger partial charge in [0, 0.05) is 18.4 Å². The molecule has 1 aliphatic heterocycles. The van der Waals surface area contributed by atoms with Crippen LogP contribution in [0.1, 0.15) is 42.1 Å². The van der Waals surface area contributed by atoms with E-state index >= 15 is 0 Å². The maximum atomic E-state index is 13.0. The van der Waals surface area contributed by atoms with Gasteiger partial charge in [-0.15, -0.1) is 0 Å². The number of hydrogen-bond acceptors (Lipinski definition) is 4. The number of unbranched alkanes of at least 4 members (excludes halogenated alkanes) is 1. The van der Waals surface area contributed by atoms with Gasteiger partial charge in [-0.3, -0.25) is 9.59 Å². The van der Waals surface area contributed by atoms with Gasteiger partial charge in [0.15, 0.2) is 0 Å². The first-order valence-corrected chi connectivity index (χ1v) is 9.39. The lowest BCUT2D eigenvalue weighted by molar-refractivity contribution is -0.121. The highest BCUT2D eigenvalue weighted by molar-refractivity contribution is 6.02. The average Bonchev–Trinajstić information content (AvgIpc) is 2.67. The number of piperazine rings is 1. The summed E-state index contributed by atoms with van der Waals surface area (Å²) < 4.78 is 0. The molecule has 0 aliphatic carbocycles. The third-order valence-corrected chi connectivity index (χ3v) is 4.94. The molecular weight excluding hydrogens is 340 g/mol. The van der Waals surface area contributed by atoms with Crippen LogP contribution < -0.4 is 10.6 Å². The Morgan fingerprint density at radius 2 is 2.11 bits per heavy atom. The van der Waals surface area contributed by atoms with Crippen LogP contribution in [0.25, 0.3) is 0 Å². The first-order chi connectivity index (χ1) is 13.0. The van der Waals surface area contributed by atoms with Crippen molar-refractivity contribution in [2.24, 2.45) is 0 Å². The zero-order chi connectivity index (χ0) is 19.4. The number of amides is 2. The summed E-state index contributed by atoms with van der Waals surface area (Å²) in [6.45, 7) is 4.72. The van der Waals surface area contributed by atoms with Crippen molar-refractivity contribution in [2.45, 2.75) is 39.2 Å². The minimum Gasteiger partial charge on any atom is -0.384 e. The van der Waals surface area contributed by atoms with Crippen LogP contribution in [0.3, 0.4) is 0 Å². The van der Waals surface area contributed by atoms with E-state index in [1.54, 1.807) is 21.9 Å². The smallest absolute Gasteiger partial charge is 0.256 e. The number of carbonyl (C=O) groups is 2. The van der Waals surface area contributed by atoms with Crippen LogP contribution in [-0.4, -0.2) is 40.8 Å². The van der Waals surface area contributed by atoms with Crippen molar-refractivity contribution >= 4 is 23.3 Å². The molecule has 1 atom stereocenters. The van der Waals surface area contributed by atoms with E-state index in [1.165, 1.54) is 6.20 Å². The van der Waals surface area contributed by atoms with Gasteiger partial charge in [-0.1, -0.05) is 31.9 Å². The van der Waals surface area contributed by atoms with E-state index in [4.69, 9.17) is 5.73 Å². The zero-order valence-electron chi connectivity index (χ0n) is 15.9. The van der Waals surface area contributed by atoms with Gasteiger partial charge in [0.05, 0.1) is 11.6 Å². The van der Waals surface area contributed by atoms with Gasteiger partial charge in [-0.25, -0.2) is 4.98 Å². The van der Waals surface area contributed by atoms with Gasteiger partial charge in [0.1, 0.15) is 12.4 Å². The van der Waals surface area contributed by atoms with E-state index < -0.39 is 0 Å². The molecule has 0 spiro atoms. The number of nitrogen functional groups attached to an aromatic ring is 1. The van der Waals surface area contributed by atoms with Crippen molar-refractivity contribution in [3.63, 3.8) is 0 Å². The summed E-state index contributed by atoms with van der Waals surface area (Å²) in [6, 6.07) is 11.2. The Hall–Kier alpha value is -2.89. The Labute approximate surface area is 160 Å². The summed E-state index contributed by atoms with van der Waals surface area (Å²) in [7, 11) is 0. The quantitative estimate of drug-likeness (QED) is 0.882. The Bertz CT molecular complexity index is 819. The number of aryl methyl sites for hydroxylation is 1. The molecule has 27 heavy (non-hydrogen) atoms. The van der Waals surface area contributed by atoms with Crippen molar-refractivity contribution in [1.29, 1.82) is 0 Å². The van der Waals surface area contributed by atoms with E-state index in [-0.39, 0.29) is 24.4 Å². The zero-order valence-corrected chi connectivity index (χ0v) is 15.9. The molecule has 1 aromatic heterocycles. The summed E-state index contributed by atoms with van der Waals surface area (Å²) in [4.78, 5) is 33.3. The molecule has 2 aromatic rings. The molecule has 1 saturated heterocycles. The third kappa shape index (κ3) is 4.27. The van der Waals surface area contributed by atoms with Gasteiger partial charge >= 0.3 is 0 Å². The lowest BCUT2D eigenvalue weighted by Crippen LogP contribution is -2.58. The Balaban J connectivity index is 1.85. The van der Waals surface area contributed by atoms with Crippen molar-refractivity contribution in [3.8, 4) is 0 Å². The predicted molar refractivity (Wildman–Crippen MR) is 107 cm³/mol. The highest BCUT2D eigenvalue weighted by atomic mass is 16.2. The van der Waals surface area contributed by atoms with Gasteiger partial charge in [-0.05, 0) is 43.2 Å². The number of benzene rings is 1. The lowest BCUT2D eigenvalue weighted by Gasteiger charge is -2.41. The van der Waals surface area contributed by atoms with Crippen molar-refractivity contribution in [2.75, 3.05) is 23.7 Å². The largest absolute Gasteiger partial charge is 0.384 e. The molecule has 3 rings (SSSR count). The van der Waals surface area contributed by atoms with Crippen molar-refractivity contribution in [3.05, 3.63) is 53.7 Å².